The number of rotatable bonds is 5. The lowest BCUT2D eigenvalue weighted by atomic mass is 10.0. The van der Waals surface area contributed by atoms with Crippen LogP contribution in [0.3, 0.4) is 0 Å². The number of carbonyl (C=O) groups excluding carboxylic acids is 1. The quantitative estimate of drug-likeness (QED) is 0.749. The van der Waals surface area contributed by atoms with Crippen LogP contribution in [0, 0.1) is 12.8 Å². The lowest BCUT2D eigenvalue weighted by molar-refractivity contribution is 0.0931. The first-order chi connectivity index (χ1) is 12.2. The second-order valence-corrected chi connectivity index (χ2v) is 6.57. The first-order valence-corrected chi connectivity index (χ1v) is 8.54. The third-order valence-corrected chi connectivity index (χ3v) is 4.58. The lowest BCUT2D eigenvalue weighted by Gasteiger charge is -2.18. The van der Waals surface area contributed by atoms with Crippen molar-refractivity contribution in [3.63, 3.8) is 0 Å². The van der Waals surface area contributed by atoms with E-state index in [1.54, 1.807) is 12.4 Å². The second-order valence-electron chi connectivity index (χ2n) is 6.57. The highest BCUT2D eigenvalue weighted by Gasteiger charge is 2.35. The van der Waals surface area contributed by atoms with Crippen LogP contribution in [-0.2, 0) is 0 Å². The summed E-state index contributed by atoms with van der Waals surface area (Å²) in [6.45, 7) is 2.04. The fraction of sp³-hybridized carbons (Fsp3) is 0.250. The zero-order valence-corrected chi connectivity index (χ0v) is 14.1. The van der Waals surface area contributed by atoms with Crippen LogP contribution in [0.4, 0.5) is 0 Å². The number of carbonyl (C=O) groups is 1. The van der Waals surface area contributed by atoms with Crippen molar-refractivity contribution in [2.45, 2.75) is 25.8 Å². The van der Waals surface area contributed by atoms with Crippen LogP contribution in [0.2, 0.25) is 0 Å². The van der Waals surface area contributed by atoms with Gasteiger partial charge in [-0.3, -0.25) is 14.9 Å². The van der Waals surface area contributed by atoms with Gasteiger partial charge in [0.15, 0.2) is 0 Å². The van der Waals surface area contributed by atoms with E-state index in [1.165, 1.54) is 0 Å². The summed E-state index contributed by atoms with van der Waals surface area (Å²) in [5.74, 6) is 0.345. The molecule has 3 aromatic rings. The topological polar surface area (TPSA) is 70.7 Å². The van der Waals surface area contributed by atoms with E-state index in [0.29, 0.717) is 11.5 Å². The lowest BCUT2D eigenvalue weighted by Crippen LogP contribution is -2.30. The normalized spacial score (nSPS) is 14.9. The number of pyridine rings is 1. The molecule has 2 N–H and O–H groups in total. The van der Waals surface area contributed by atoms with Crippen molar-refractivity contribution in [3.8, 4) is 11.3 Å². The summed E-state index contributed by atoms with van der Waals surface area (Å²) >= 11 is 0. The third kappa shape index (κ3) is 3.31. The number of aromatic amines is 1. The fourth-order valence-electron chi connectivity index (χ4n) is 3.09. The minimum absolute atomic E-state index is 0.0501. The molecule has 0 radical (unpaired) electrons. The molecule has 1 fully saturated rings. The van der Waals surface area contributed by atoms with Crippen LogP contribution >= 0.6 is 0 Å². The number of nitrogens with zero attached hydrogens (tertiary/aromatic N) is 2. The highest BCUT2D eigenvalue weighted by atomic mass is 16.1. The van der Waals surface area contributed by atoms with Gasteiger partial charge in [0.2, 0.25) is 0 Å². The number of nitrogens with one attached hydrogen (secondary N) is 2. The minimum atomic E-state index is -0.118. The Morgan fingerprint density at radius 3 is 2.76 bits per heavy atom. The van der Waals surface area contributed by atoms with Gasteiger partial charge in [0.05, 0.1) is 29.2 Å². The first kappa shape index (κ1) is 15.6. The van der Waals surface area contributed by atoms with E-state index in [1.807, 2.05) is 43.3 Å². The summed E-state index contributed by atoms with van der Waals surface area (Å²) in [7, 11) is 0. The number of benzene rings is 1. The number of amides is 1. The van der Waals surface area contributed by atoms with E-state index >= 15 is 0 Å². The molecular weight excluding hydrogens is 312 g/mol. The molecule has 5 heteroatoms. The standard InChI is InChI=1S/C20H20N4O/c1-13-9-10-21-17(11-13)19(15-7-8-15)23-20(25)16-12-22-24-18(16)14-5-3-2-4-6-14/h2-6,9-12,15,19H,7-8H2,1H3,(H,22,24)(H,23,25)/t19-/m0/s1. The van der Waals surface area contributed by atoms with Crippen molar-refractivity contribution in [1.82, 2.24) is 20.5 Å². The van der Waals surface area contributed by atoms with Gasteiger partial charge in [-0.05, 0) is 43.4 Å². The van der Waals surface area contributed by atoms with Gasteiger partial charge >= 0.3 is 0 Å². The molecule has 1 saturated carbocycles. The maximum atomic E-state index is 12.9. The summed E-state index contributed by atoms with van der Waals surface area (Å²) in [4.78, 5) is 17.4. The van der Waals surface area contributed by atoms with E-state index in [-0.39, 0.29) is 11.9 Å². The molecule has 1 atom stereocenters. The Morgan fingerprint density at radius 2 is 2.04 bits per heavy atom. The van der Waals surface area contributed by atoms with Crippen LogP contribution < -0.4 is 5.32 Å². The van der Waals surface area contributed by atoms with Crippen molar-refractivity contribution in [2.24, 2.45) is 5.92 Å². The zero-order valence-electron chi connectivity index (χ0n) is 14.1. The molecule has 2 heterocycles. The number of hydrogen-bond donors (Lipinski definition) is 2. The summed E-state index contributed by atoms with van der Waals surface area (Å²) in [6, 6.07) is 13.7. The van der Waals surface area contributed by atoms with Crippen LogP contribution in [0.15, 0.2) is 54.9 Å². The maximum absolute atomic E-state index is 12.9. The van der Waals surface area contributed by atoms with Gasteiger partial charge in [0.25, 0.3) is 5.91 Å². The average Bonchev–Trinajstić information content (AvgIpc) is 3.35. The average molecular weight is 332 g/mol. The van der Waals surface area contributed by atoms with Crippen LogP contribution in [-0.4, -0.2) is 21.1 Å². The molecular formula is C20H20N4O. The Hall–Kier alpha value is -2.95. The molecule has 1 amide bonds. The molecule has 5 nitrogen and oxygen atoms in total. The van der Waals surface area contributed by atoms with Gasteiger partial charge in [-0.1, -0.05) is 30.3 Å². The number of aryl methyl sites for hydroxylation is 1. The molecule has 0 unspecified atom stereocenters. The van der Waals surface area contributed by atoms with Gasteiger partial charge in [-0.25, -0.2) is 0 Å². The number of hydrogen-bond acceptors (Lipinski definition) is 3. The molecule has 1 aromatic carbocycles. The van der Waals surface area contributed by atoms with Gasteiger partial charge in [-0.15, -0.1) is 0 Å². The highest BCUT2D eigenvalue weighted by molar-refractivity contribution is 5.99. The Morgan fingerprint density at radius 1 is 1.24 bits per heavy atom. The molecule has 0 saturated heterocycles. The Labute approximate surface area is 146 Å². The summed E-state index contributed by atoms with van der Waals surface area (Å²) in [5.41, 5.74) is 4.33. The van der Waals surface area contributed by atoms with E-state index in [0.717, 1.165) is 35.4 Å². The molecule has 1 aliphatic carbocycles. The summed E-state index contributed by atoms with van der Waals surface area (Å²) in [5, 5.41) is 10.2. The van der Waals surface area contributed by atoms with Gasteiger partial charge in [0, 0.05) is 11.8 Å². The van der Waals surface area contributed by atoms with E-state index < -0.39 is 0 Å². The largest absolute Gasteiger partial charge is 0.343 e. The molecule has 126 valence electrons. The van der Waals surface area contributed by atoms with Gasteiger partial charge in [0.1, 0.15) is 0 Å². The third-order valence-electron chi connectivity index (χ3n) is 4.58. The molecule has 0 spiro atoms. The fourth-order valence-corrected chi connectivity index (χ4v) is 3.09. The van der Waals surface area contributed by atoms with Crippen LogP contribution in [0.1, 0.15) is 40.5 Å². The molecule has 4 rings (SSSR count). The molecule has 1 aliphatic rings. The van der Waals surface area contributed by atoms with Crippen molar-refractivity contribution < 1.29 is 4.79 Å². The van der Waals surface area contributed by atoms with E-state index in [2.05, 4.69) is 26.6 Å². The molecule has 2 aromatic heterocycles. The Kier molecular flexibility index (Phi) is 4.06. The maximum Gasteiger partial charge on any atom is 0.255 e. The molecule has 0 aliphatic heterocycles. The number of aromatic nitrogens is 3. The van der Waals surface area contributed by atoms with Crippen molar-refractivity contribution >= 4 is 5.91 Å². The zero-order chi connectivity index (χ0) is 17.2. The smallest absolute Gasteiger partial charge is 0.255 e. The van der Waals surface area contributed by atoms with Crippen LogP contribution in [0.5, 0.6) is 0 Å². The summed E-state index contributed by atoms with van der Waals surface area (Å²) in [6.07, 6.45) is 5.64. The predicted molar refractivity (Wildman–Crippen MR) is 95.9 cm³/mol. The Balaban J connectivity index is 1.60. The summed E-state index contributed by atoms with van der Waals surface area (Å²) < 4.78 is 0. The predicted octanol–water partition coefficient (Wildman–Crippen LogP) is 3.66. The highest BCUT2D eigenvalue weighted by Crippen LogP contribution is 2.40. The van der Waals surface area contributed by atoms with Gasteiger partial charge < -0.3 is 5.32 Å². The second kappa shape index (κ2) is 6.51. The van der Waals surface area contributed by atoms with E-state index in [4.69, 9.17) is 0 Å². The van der Waals surface area contributed by atoms with Crippen molar-refractivity contribution in [3.05, 3.63) is 71.7 Å². The minimum Gasteiger partial charge on any atom is -0.343 e. The van der Waals surface area contributed by atoms with E-state index in [9.17, 15) is 4.79 Å². The monoisotopic (exact) mass is 332 g/mol. The first-order valence-electron chi connectivity index (χ1n) is 8.54. The van der Waals surface area contributed by atoms with Crippen molar-refractivity contribution in [1.29, 1.82) is 0 Å². The van der Waals surface area contributed by atoms with Crippen molar-refractivity contribution in [2.75, 3.05) is 0 Å². The van der Waals surface area contributed by atoms with Crippen LogP contribution in [0.25, 0.3) is 11.3 Å². The Bertz CT molecular complexity index is 883. The van der Waals surface area contributed by atoms with Gasteiger partial charge in [-0.2, -0.15) is 5.10 Å². The molecule has 25 heavy (non-hydrogen) atoms. The number of H-pyrrole nitrogens is 1. The SMILES string of the molecule is Cc1ccnc([C@@H](NC(=O)c2cn[nH]c2-c2ccccc2)C2CC2)c1. The molecule has 0 bridgehead atoms.